The number of amides is 4. The number of anilines is 3. The Bertz CT molecular complexity index is 1530. The highest BCUT2D eigenvalue weighted by molar-refractivity contribution is 7.21. The van der Waals surface area contributed by atoms with Gasteiger partial charge in [0.05, 0.1) is 11.4 Å². The van der Waals surface area contributed by atoms with Crippen molar-refractivity contribution in [2.24, 2.45) is 0 Å². The van der Waals surface area contributed by atoms with Crippen LogP contribution in [0.5, 0.6) is 0 Å². The molecule has 182 valence electrons. The number of imide groups is 2. The van der Waals surface area contributed by atoms with E-state index < -0.39 is 25.9 Å². The maximum Gasteiger partial charge on any atom is 0.333 e. The van der Waals surface area contributed by atoms with Crippen molar-refractivity contribution in [2.45, 2.75) is 32.4 Å². The van der Waals surface area contributed by atoms with Crippen LogP contribution >= 0.6 is 11.3 Å². The Balaban J connectivity index is 1.59. The molecule has 0 aliphatic carbocycles. The van der Waals surface area contributed by atoms with Gasteiger partial charge in [-0.25, -0.2) is 4.79 Å². The van der Waals surface area contributed by atoms with E-state index >= 15 is 0 Å². The molecule has 0 atom stereocenters. The molecule has 0 saturated carbocycles. The highest BCUT2D eigenvalue weighted by Gasteiger charge is 2.47. The minimum Gasteiger partial charge on any atom is -0.301 e. The van der Waals surface area contributed by atoms with Crippen LogP contribution in [0.4, 0.5) is 21.2 Å². The minimum atomic E-state index is -2.09. The number of hydrogen-bond donors (Lipinski definition) is 0. The third-order valence-electron chi connectivity index (χ3n) is 7.96. The van der Waals surface area contributed by atoms with E-state index in [1.807, 2.05) is 0 Å². The van der Waals surface area contributed by atoms with Gasteiger partial charge in [-0.15, -0.1) is 11.3 Å². The first-order chi connectivity index (χ1) is 17.0. The molecule has 0 spiro atoms. The van der Waals surface area contributed by atoms with Crippen molar-refractivity contribution in [3.63, 3.8) is 0 Å². The molecule has 6 rings (SSSR count). The molecular weight excluding hydrogens is 486 g/mol. The zero-order valence-electron chi connectivity index (χ0n) is 21.2. The Kier molecular flexibility index (Phi) is 4.63. The molecule has 36 heavy (non-hydrogen) atoms. The topological polar surface area (TPSA) is 60.9 Å². The van der Waals surface area contributed by atoms with E-state index in [4.69, 9.17) is 0 Å². The van der Waals surface area contributed by atoms with Gasteiger partial charge in [-0.3, -0.25) is 19.4 Å². The lowest BCUT2D eigenvalue weighted by atomic mass is 9.73. The van der Waals surface area contributed by atoms with E-state index in [1.54, 1.807) is 17.4 Å². The number of carbonyl (C=O) groups excluding carboxylic acids is 3. The second kappa shape index (κ2) is 7.27. The number of barbiturate groups is 1. The van der Waals surface area contributed by atoms with E-state index in [0.29, 0.717) is 0 Å². The molecule has 1 fully saturated rings. The minimum absolute atomic E-state index is 0.0102. The fourth-order valence-electron chi connectivity index (χ4n) is 5.81. The second-order valence-corrected chi connectivity index (χ2v) is 16.1. The van der Waals surface area contributed by atoms with Gasteiger partial charge in [0.15, 0.2) is 0 Å². The summed E-state index contributed by atoms with van der Waals surface area (Å²) < 4.78 is 0. The van der Waals surface area contributed by atoms with E-state index in [1.165, 1.54) is 47.0 Å². The monoisotopic (exact) mass is 513 g/mol. The fourth-order valence-corrected chi connectivity index (χ4v) is 10.7. The summed E-state index contributed by atoms with van der Waals surface area (Å²) in [6.07, 6.45) is 1.66. The number of carbonyl (C=O) groups is 3. The number of benzene rings is 2. The zero-order valence-corrected chi connectivity index (χ0v) is 23.0. The molecule has 1 aromatic heterocycles. The van der Waals surface area contributed by atoms with Crippen LogP contribution in [0.3, 0.4) is 0 Å². The molecule has 4 heterocycles. The highest BCUT2D eigenvalue weighted by atomic mass is 32.1. The van der Waals surface area contributed by atoms with Crippen LogP contribution in [-0.4, -0.2) is 49.8 Å². The van der Waals surface area contributed by atoms with Gasteiger partial charge < -0.3 is 4.90 Å². The predicted molar refractivity (Wildman–Crippen MR) is 147 cm³/mol. The van der Waals surface area contributed by atoms with Gasteiger partial charge in [0.1, 0.15) is 18.6 Å². The van der Waals surface area contributed by atoms with Crippen molar-refractivity contribution in [3.8, 4) is 0 Å². The zero-order chi connectivity index (χ0) is 25.7. The number of fused-ring (bicyclic) bond motifs is 4. The van der Waals surface area contributed by atoms with Gasteiger partial charge in [-0.05, 0) is 39.7 Å². The van der Waals surface area contributed by atoms with E-state index in [0.717, 1.165) is 19.7 Å². The summed E-state index contributed by atoms with van der Waals surface area (Å²) in [5.74, 6) is -1.14. The number of likely N-dealkylation sites (N-methyl/N-ethyl adjacent to an activating group) is 2. The molecule has 0 bridgehead atoms. The third kappa shape index (κ3) is 2.79. The Hall–Kier alpha value is -3.49. The van der Waals surface area contributed by atoms with E-state index in [2.05, 4.69) is 80.4 Å². The Morgan fingerprint density at radius 2 is 1.50 bits per heavy atom. The van der Waals surface area contributed by atoms with Gasteiger partial charge in [-0.2, -0.15) is 0 Å². The Morgan fingerprint density at radius 3 is 2.19 bits per heavy atom. The van der Waals surface area contributed by atoms with E-state index in [9.17, 15) is 14.4 Å². The summed E-state index contributed by atoms with van der Waals surface area (Å²) in [6.45, 7) is 9.32. The number of nitrogens with zero attached hydrogens (tertiary/aromatic N) is 3. The lowest BCUT2D eigenvalue weighted by Crippen LogP contribution is -2.59. The highest BCUT2D eigenvalue weighted by Crippen LogP contribution is 2.54. The van der Waals surface area contributed by atoms with Crippen LogP contribution in [0.1, 0.15) is 29.9 Å². The van der Waals surface area contributed by atoms with Crippen LogP contribution in [0.15, 0.2) is 54.1 Å². The van der Waals surface area contributed by atoms with Crippen LogP contribution < -0.4 is 15.3 Å². The first-order valence-electron chi connectivity index (χ1n) is 12.0. The van der Waals surface area contributed by atoms with Crippen molar-refractivity contribution in [1.29, 1.82) is 0 Å². The first-order valence-corrected chi connectivity index (χ1v) is 15.8. The van der Waals surface area contributed by atoms with Gasteiger partial charge in [-0.1, -0.05) is 63.3 Å². The molecule has 3 aliphatic rings. The second-order valence-electron chi connectivity index (χ2n) is 10.7. The van der Waals surface area contributed by atoms with Crippen LogP contribution in [0, 0.1) is 0 Å². The molecular formula is C28H27N3O3SSi. The normalized spacial score (nSPS) is 19.2. The molecule has 1 saturated heterocycles. The van der Waals surface area contributed by atoms with Gasteiger partial charge in [0.25, 0.3) is 11.8 Å². The van der Waals surface area contributed by atoms with Gasteiger partial charge in [0, 0.05) is 24.4 Å². The average Bonchev–Trinajstić information content (AvgIpc) is 3.29. The number of hydrogen-bond acceptors (Lipinski definition) is 5. The molecule has 0 radical (unpaired) electrons. The average molecular weight is 514 g/mol. The van der Waals surface area contributed by atoms with Crippen molar-refractivity contribution in [2.75, 3.05) is 19.0 Å². The summed E-state index contributed by atoms with van der Waals surface area (Å²) in [4.78, 5) is 43.1. The smallest absolute Gasteiger partial charge is 0.301 e. The number of para-hydroxylation sites is 2. The lowest BCUT2D eigenvalue weighted by Gasteiger charge is -2.47. The van der Waals surface area contributed by atoms with Crippen LogP contribution in [0.2, 0.25) is 13.1 Å². The Labute approximate surface area is 215 Å². The molecule has 4 amide bonds. The quantitative estimate of drug-likeness (QED) is 0.275. The summed E-state index contributed by atoms with van der Waals surface area (Å²) in [5.41, 5.74) is 4.92. The molecule has 6 nitrogen and oxygen atoms in total. The van der Waals surface area contributed by atoms with Gasteiger partial charge >= 0.3 is 6.03 Å². The largest absolute Gasteiger partial charge is 0.333 e. The van der Waals surface area contributed by atoms with Crippen LogP contribution in [0.25, 0.3) is 6.08 Å². The number of urea groups is 1. The molecule has 3 aliphatic heterocycles. The van der Waals surface area contributed by atoms with Crippen molar-refractivity contribution < 1.29 is 14.4 Å². The first kappa shape index (κ1) is 22.9. The molecule has 0 N–H and O–H groups in total. The van der Waals surface area contributed by atoms with Crippen molar-refractivity contribution in [3.05, 3.63) is 70.1 Å². The maximum atomic E-state index is 12.8. The number of rotatable bonds is 1. The molecule has 0 unspecified atom stereocenters. The van der Waals surface area contributed by atoms with Crippen molar-refractivity contribution in [1.82, 2.24) is 9.80 Å². The van der Waals surface area contributed by atoms with Gasteiger partial charge in [0.2, 0.25) is 0 Å². The summed E-state index contributed by atoms with van der Waals surface area (Å²) >= 11 is 1.60. The third-order valence-corrected chi connectivity index (χ3v) is 12.7. The summed E-state index contributed by atoms with van der Waals surface area (Å²) in [7, 11) is 0.715. The predicted octanol–water partition coefficient (Wildman–Crippen LogP) is 4.43. The van der Waals surface area contributed by atoms with E-state index in [-0.39, 0.29) is 11.0 Å². The summed E-state index contributed by atoms with van der Waals surface area (Å²) in [5, 5.41) is 3.82. The maximum absolute atomic E-state index is 12.8. The molecule has 3 aromatic rings. The molecule has 2 aromatic carbocycles. The SMILES string of the molecule is CN1C(=O)C(=Cc2cc3c(s2)N2c4ccccc4C(C)(C)c4cccc(c42)[Si]3(C)C)C(=O)N(C)C1=O. The lowest BCUT2D eigenvalue weighted by molar-refractivity contribution is -0.134. The van der Waals surface area contributed by atoms with Crippen molar-refractivity contribution >= 4 is 70.1 Å². The molecule has 8 heteroatoms. The number of thiophene rings is 1. The fraction of sp³-hybridized carbons (Fsp3) is 0.250. The van der Waals surface area contributed by atoms with Crippen LogP contribution in [-0.2, 0) is 15.0 Å². The Morgan fingerprint density at radius 1 is 0.861 bits per heavy atom. The summed E-state index contributed by atoms with van der Waals surface area (Å²) in [6, 6.07) is 16.8. The standard InChI is InChI=1S/C28H27N3O3SSi/c1-28(2)18-10-7-8-12-20(18)31-23-19(28)11-9-13-21(23)36(5,6)22-15-16(35-26(22)31)14-17-24(32)29(3)27(34)30(4)25(17)33/h7-15H,1-6H3.